The van der Waals surface area contributed by atoms with Gasteiger partial charge in [-0.25, -0.2) is 9.18 Å². The van der Waals surface area contributed by atoms with E-state index in [-0.39, 0.29) is 11.6 Å². The Kier molecular flexibility index (Phi) is 1.85. The standard InChI is InChI=1S/C9H7FN2O2/c10-6-3-1-2-4-7(6)12-5-8(13)11-9(12)14/h1-5,13H,(H,11,14). The number of hydrogen-bond donors (Lipinski definition) is 2. The second kappa shape index (κ2) is 3.02. The SMILES string of the molecule is O=c1[nH]c(O)cn1-c1ccccc1F. The summed E-state index contributed by atoms with van der Waals surface area (Å²) < 4.78 is 14.2. The molecule has 0 fully saturated rings. The quantitative estimate of drug-likeness (QED) is 0.711. The maximum absolute atomic E-state index is 13.2. The number of aromatic hydroxyl groups is 1. The fourth-order valence-corrected chi connectivity index (χ4v) is 1.21. The lowest BCUT2D eigenvalue weighted by Gasteiger charge is -2.00. The maximum Gasteiger partial charge on any atom is 0.333 e. The first-order valence-corrected chi connectivity index (χ1v) is 3.94. The Morgan fingerprint density at radius 1 is 1.36 bits per heavy atom. The van der Waals surface area contributed by atoms with Crippen molar-refractivity contribution in [2.24, 2.45) is 0 Å². The minimum Gasteiger partial charge on any atom is -0.493 e. The van der Waals surface area contributed by atoms with E-state index in [1.807, 2.05) is 0 Å². The fraction of sp³-hybridized carbons (Fsp3) is 0. The van der Waals surface area contributed by atoms with Crippen LogP contribution in [0.3, 0.4) is 0 Å². The van der Waals surface area contributed by atoms with Gasteiger partial charge in [0.1, 0.15) is 5.82 Å². The van der Waals surface area contributed by atoms with Gasteiger partial charge in [-0.05, 0) is 12.1 Å². The Hall–Kier alpha value is -2.04. The molecular formula is C9H7FN2O2. The minimum atomic E-state index is -0.576. The summed E-state index contributed by atoms with van der Waals surface area (Å²) in [6.45, 7) is 0. The zero-order valence-corrected chi connectivity index (χ0v) is 7.07. The lowest BCUT2D eigenvalue weighted by molar-refractivity contribution is 0.455. The van der Waals surface area contributed by atoms with Crippen LogP contribution >= 0.6 is 0 Å². The van der Waals surface area contributed by atoms with Gasteiger partial charge in [0.25, 0.3) is 0 Å². The molecule has 72 valence electrons. The van der Waals surface area contributed by atoms with E-state index in [0.717, 1.165) is 10.8 Å². The molecule has 0 aliphatic heterocycles. The van der Waals surface area contributed by atoms with Gasteiger partial charge in [0, 0.05) is 0 Å². The molecule has 0 aliphatic rings. The average Bonchev–Trinajstić information content (AvgIpc) is 2.46. The molecule has 4 nitrogen and oxygen atoms in total. The van der Waals surface area contributed by atoms with Crippen LogP contribution in [0.25, 0.3) is 5.69 Å². The number of H-pyrrole nitrogens is 1. The molecule has 5 heteroatoms. The van der Waals surface area contributed by atoms with Gasteiger partial charge in [-0.15, -0.1) is 0 Å². The Morgan fingerprint density at radius 2 is 2.07 bits per heavy atom. The molecule has 2 N–H and O–H groups in total. The third kappa shape index (κ3) is 1.28. The molecule has 0 saturated carbocycles. The number of nitrogens with one attached hydrogen (secondary N) is 1. The minimum absolute atomic E-state index is 0.106. The maximum atomic E-state index is 13.2. The van der Waals surface area contributed by atoms with Crippen molar-refractivity contribution in [2.75, 3.05) is 0 Å². The summed E-state index contributed by atoms with van der Waals surface area (Å²) in [4.78, 5) is 13.3. The fourth-order valence-electron chi connectivity index (χ4n) is 1.21. The van der Waals surface area contributed by atoms with E-state index in [0.29, 0.717) is 0 Å². The highest BCUT2D eigenvalue weighted by molar-refractivity contribution is 5.34. The van der Waals surface area contributed by atoms with Gasteiger partial charge >= 0.3 is 5.69 Å². The van der Waals surface area contributed by atoms with E-state index in [1.165, 1.54) is 18.2 Å². The predicted molar refractivity (Wildman–Crippen MR) is 48.0 cm³/mol. The Labute approximate surface area is 78.2 Å². The van der Waals surface area contributed by atoms with E-state index < -0.39 is 11.5 Å². The normalized spacial score (nSPS) is 10.4. The summed E-state index contributed by atoms with van der Waals surface area (Å²) in [5.41, 5.74) is -0.471. The van der Waals surface area contributed by atoms with Crippen LogP contribution in [0.4, 0.5) is 4.39 Å². The molecule has 1 heterocycles. The molecule has 1 aromatic carbocycles. The molecule has 0 spiro atoms. The van der Waals surface area contributed by atoms with Crippen LogP contribution in [0.1, 0.15) is 0 Å². The van der Waals surface area contributed by atoms with Crippen LogP contribution in [0, 0.1) is 5.82 Å². The van der Waals surface area contributed by atoms with Gasteiger partial charge in [0.15, 0.2) is 0 Å². The molecule has 0 radical (unpaired) electrons. The monoisotopic (exact) mass is 194 g/mol. The predicted octanol–water partition coefficient (Wildman–Crippen LogP) is 1.01. The van der Waals surface area contributed by atoms with Crippen molar-refractivity contribution in [2.45, 2.75) is 0 Å². The van der Waals surface area contributed by atoms with Gasteiger partial charge in [-0.3, -0.25) is 9.55 Å². The van der Waals surface area contributed by atoms with Crippen molar-refractivity contribution >= 4 is 0 Å². The highest BCUT2D eigenvalue weighted by Crippen LogP contribution is 2.12. The third-order valence-electron chi connectivity index (χ3n) is 1.82. The van der Waals surface area contributed by atoms with Crippen LogP contribution < -0.4 is 5.69 Å². The zero-order chi connectivity index (χ0) is 10.1. The molecule has 2 aromatic rings. The average molecular weight is 194 g/mol. The molecule has 0 bridgehead atoms. The second-order valence-electron chi connectivity index (χ2n) is 2.77. The molecule has 0 atom stereocenters. The van der Waals surface area contributed by atoms with Crippen LogP contribution in [0.15, 0.2) is 35.3 Å². The molecule has 0 amide bonds. The highest BCUT2D eigenvalue weighted by Gasteiger charge is 2.07. The molecule has 2 rings (SSSR count). The summed E-state index contributed by atoms with van der Waals surface area (Å²) in [5.74, 6) is -0.813. The number of para-hydroxylation sites is 1. The van der Waals surface area contributed by atoms with Crippen molar-refractivity contribution in [3.8, 4) is 11.6 Å². The number of imidazole rings is 1. The van der Waals surface area contributed by atoms with Gasteiger partial charge in [0.2, 0.25) is 5.88 Å². The van der Waals surface area contributed by atoms with Crippen LogP contribution in [-0.4, -0.2) is 14.7 Å². The number of aromatic nitrogens is 2. The number of benzene rings is 1. The number of halogens is 1. The number of hydrogen-bond acceptors (Lipinski definition) is 2. The van der Waals surface area contributed by atoms with Gasteiger partial charge in [-0.2, -0.15) is 0 Å². The molecule has 0 aliphatic carbocycles. The Morgan fingerprint density at radius 3 is 2.64 bits per heavy atom. The number of nitrogens with zero attached hydrogens (tertiary/aromatic N) is 1. The lowest BCUT2D eigenvalue weighted by atomic mass is 10.3. The van der Waals surface area contributed by atoms with Crippen molar-refractivity contribution in [3.63, 3.8) is 0 Å². The molecule has 0 unspecified atom stereocenters. The third-order valence-corrected chi connectivity index (χ3v) is 1.82. The van der Waals surface area contributed by atoms with Gasteiger partial charge in [-0.1, -0.05) is 12.1 Å². The lowest BCUT2D eigenvalue weighted by Crippen LogP contribution is -2.15. The van der Waals surface area contributed by atoms with E-state index in [2.05, 4.69) is 4.98 Å². The van der Waals surface area contributed by atoms with Crippen LogP contribution in [0.2, 0.25) is 0 Å². The van der Waals surface area contributed by atoms with Crippen LogP contribution in [0.5, 0.6) is 5.88 Å². The number of aromatic amines is 1. The second-order valence-corrected chi connectivity index (χ2v) is 2.77. The number of rotatable bonds is 1. The van der Waals surface area contributed by atoms with Gasteiger partial charge in [0.05, 0.1) is 11.9 Å². The summed E-state index contributed by atoms with van der Waals surface area (Å²) >= 11 is 0. The summed E-state index contributed by atoms with van der Waals surface area (Å²) in [6.07, 6.45) is 1.13. The van der Waals surface area contributed by atoms with E-state index in [4.69, 9.17) is 5.11 Å². The van der Waals surface area contributed by atoms with Crippen molar-refractivity contribution in [3.05, 3.63) is 46.8 Å². The summed E-state index contributed by atoms with van der Waals surface area (Å²) in [6, 6.07) is 5.82. The molecular weight excluding hydrogens is 187 g/mol. The Balaban J connectivity index is 2.66. The zero-order valence-electron chi connectivity index (χ0n) is 7.07. The summed E-state index contributed by atoms with van der Waals surface area (Å²) in [7, 11) is 0. The van der Waals surface area contributed by atoms with Crippen molar-refractivity contribution in [1.82, 2.24) is 9.55 Å². The van der Waals surface area contributed by atoms with E-state index in [1.54, 1.807) is 6.07 Å². The molecule has 0 saturated heterocycles. The molecule has 1 aromatic heterocycles. The highest BCUT2D eigenvalue weighted by atomic mass is 19.1. The Bertz CT molecular complexity index is 516. The topological polar surface area (TPSA) is 58.0 Å². The van der Waals surface area contributed by atoms with Crippen molar-refractivity contribution in [1.29, 1.82) is 0 Å². The van der Waals surface area contributed by atoms with Gasteiger partial charge < -0.3 is 5.11 Å². The van der Waals surface area contributed by atoms with E-state index in [9.17, 15) is 9.18 Å². The first kappa shape index (κ1) is 8.55. The first-order chi connectivity index (χ1) is 6.68. The smallest absolute Gasteiger partial charge is 0.333 e. The van der Waals surface area contributed by atoms with Crippen LogP contribution in [-0.2, 0) is 0 Å². The summed E-state index contributed by atoms with van der Waals surface area (Å²) in [5, 5.41) is 8.99. The van der Waals surface area contributed by atoms with Crippen molar-refractivity contribution < 1.29 is 9.50 Å². The first-order valence-electron chi connectivity index (χ1n) is 3.94. The largest absolute Gasteiger partial charge is 0.493 e. The van der Waals surface area contributed by atoms with E-state index >= 15 is 0 Å². The molecule has 14 heavy (non-hydrogen) atoms.